The van der Waals surface area contributed by atoms with E-state index in [1.165, 1.54) is 18.2 Å². The van der Waals surface area contributed by atoms with Gasteiger partial charge in [-0.2, -0.15) is 5.26 Å². The maximum Gasteiger partial charge on any atom is 0.270 e. The number of rotatable bonds is 3. The summed E-state index contributed by atoms with van der Waals surface area (Å²) < 4.78 is 0. The van der Waals surface area contributed by atoms with Gasteiger partial charge in [-0.25, -0.2) is 0 Å². The second-order valence-electron chi connectivity index (χ2n) is 3.09. The molecule has 1 rings (SSSR count). The molecule has 0 saturated carbocycles. The summed E-state index contributed by atoms with van der Waals surface area (Å²) in [6.45, 7) is 1.68. The van der Waals surface area contributed by atoms with E-state index in [0.29, 0.717) is 0 Å². The third-order valence-corrected chi connectivity index (χ3v) is 1.91. The molecule has 1 aromatic rings. The van der Waals surface area contributed by atoms with Crippen molar-refractivity contribution in [1.82, 2.24) is 0 Å². The Morgan fingerprint density at radius 3 is 2.82 bits per heavy atom. The Hall–Kier alpha value is -2.68. The van der Waals surface area contributed by atoms with Crippen LogP contribution in [0.15, 0.2) is 30.4 Å². The van der Waals surface area contributed by atoms with E-state index in [0.717, 1.165) is 6.07 Å². The third kappa shape index (κ3) is 3.14. The first-order chi connectivity index (χ1) is 8.08. The van der Waals surface area contributed by atoms with Crippen molar-refractivity contribution < 1.29 is 9.72 Å². The van der Waals surface area contributed by atoms with E-state index in [2.05, 4.69) is 5.32 Å². The van der Waals surface area contributed by atoms with Gasteiger partial charge in [0.2, 0.25) is 5.91 Å². The lowest BCUT2D eigenvalue weighted by Crippen LogP contribution is -2.09. The van der Waals surface area contributed by atoms with E-state index in [4.69, 9.17) is 5.26 Å². The fourth-order valence-electron chi connectivity index (χ4n) is 1.17. The molecule has 1 amide bonds. The minimum atomic E-state index is -0.599. The highest BCUT2D eigenvalue weighted by molar-refractivity contribution is 6.00. The van der Waals surface area contributed by atoms with Gasteiger partial charge in [0.25, 0.3) is 5.69 Å². The predicted molar refractivity (Wildman–Crippen MR) is 61.3 cm³/mol. The minimum absolute atomic E-state index is 0.0528. The third-order valence-electron chi connectivity index (χ3n) is 1.91. The van der Waals surface area contributed by atoms with Gasteiger partial charge < -0.3 is 5.32 Å². The largest absolute Gasteiger partial charge is 0.321 e. The van der Waals surface area contributed by atoms with Gasteiger partial charge in [0.15, 0.2) is 0 Å². The van der Waals surface area contributed by atoms with Gasteiger partial charge >= 0.3 is 0 Å². The van der Waals surface area contributed by atoms with Crippen molar-refractivity contribution in [2.45, 2.75) is 6.92 Å². The summed E-state index contributed by atoms with van der Waals surface area (Å²) in [5.41, 5.74) is 0.115. The Bertz CT molecular complexity index is 529. The van der Waals surface area contributed by atoms with Gasteiger partial charge in [-0.1, -0.05) is 6.08 Å². The molecule has 86 valence electrons. The molecule has 0 saturated heterocycles. The minimum Gasteiger partial charge on any atom is -0.321 e. The van der Waals surface area contributed by atoms with E-state index < -0.39 is 10.8 Å². The topological polar surface area (TPSA) is 96.0 Å². The molecule has 0 unspecified atom stereocenters. The summed E-state index contributed by atoms with van der Waals surface area (Å²) in [6, 6.07) is 5.47. The normalized spacial score (nSPS) is 9.88. The van der Waals surface area contributed by atoms with Gasteiger partial charge in [-0.05, 0) is 19.1 Å². The Labute approximate surface area is 97.3 Å². The number of anilines is 1. The quantitative estimate of drug-likeness (QED) is 0.488. The van der Waals surface area contributed by atoms with Gasteiger partial charge in [0.05, 0.1) is 16.2 Å². The molecule has 0 spiro atoms. The van der Waals surface area contributed by atoms with E-state index in [-0.39, 0.29) is 16.9 Å². The number of amides is 1. The number of hydrogen-bond acceptors (Lipinski definition) is 4. The molecule has 1 N–H and O–H groups in total. The fourth-order valence-corrected chi connectivity index (χ4v) is 1.17. The second kappa shape index (κ2) is 5.42. The molecule has 0 aliphatic rings. The Kier molecular flexibility index (Phi) is 3.95. The zero-order chi connectivity index (χ0) is 12.8. The number of nitro groups is 1. The average Bonchev–Trinajstić information content (AvgIpc) is 2.29. The van der Waals surface area contributed by atoms with Gasteiger partial charge in [-0.3, -0.25) is 14.9 Å². The van der Waals surface area contributed by atoms with Gasteiger partial charge in [-0.15, -0.1) is 0 Å². The van der Waals surface area contributed by atoms with E-state index in [1.54, 1.807) is 19.1 Å². The molecular weight excluding hydrogens is 222 g/mol. The highest BCUT2D eigenvalue weighted by Crippen LogP contribution is 2.21. The molecule has 1 aromatic carbocycles. The maximum absolute atomic E-state index is 11.3. The number of hydrogen-bond donors (Lipinski definition) is 1. The molecule has 17 heavy (non-hydrogen) atoms. The van der Waals surface area contributed by atoms with Crippen LogP contribution in [0.25, 0.3) is 0 Å². The smallest absolute Gasteiger partial charge is 0.270 e. The standard InChI is InChI=1S/C11H9N3O3/c1-2-3-11(15)13-10-5-4-9(14(16)17)6-8(10)7-12/h2-6H,1H3,(H,13,15). The number of allylic oxidation sites excluding steroid dienone is 1. The first-order valence-corrected chi connectivity index (χ1v) is 4.70. The van der Waals surface area contributed by atoms with E-state index in [9.17, 15) is 14.9 Å². The van der Waals surface area contributed by atoms with Crippen LogP contribution in [0, 0.1) is 21.4 Å². The Morgan fingerprint density at radius 1 is 1.59 bits per heavy atom. The predicted octanol–water partition coefficient (Wildman–Crippen LogP) is 1.98. The Morgan fingerprint density at radius 2 is 2.29 bits per heavy atom. The molecule has 0 aliphatic heterocycles. The van der Waals surface area contributed by atoms with Crippen LogP contribution in [0.4, 0.5) is 11.4 Å². The zero-order valence-electron chi connectivity index (χ0n) is 9.01. The van der Waals surface area contributed by atoms with E-state index in [1.807, 2.05) is 0 Å². The van der Waals surface area contributed by atoms with Crippen LogP contribution in [0.3, 0.4) is 0 Å². The molecule has 0 aliphatic carbocycles. The van der Waals surface area contributed by atoms with Crippen LogP contribution in [0.2, 0.25) is 0 Å². The number of carbonyl (C=O) groups excluding carboxylic acids is 1. The average molecular weight is 231 g/mol. The summed E-state index contributed by atoms with van der Waals surface area (Å²) in [5, 5.41) is 21.8. The summed E-state index contributed by atoms with van der Waals surface area (Å²) in [5.74, 6) is -0.391. The number of nitrogens with zero attached hydrogens (tertiary/aromatic N) is 2. The van der Waals surface area contributed by atoms with Crippen molar-refractivity contribution in [3.05, 3.63) is 46.0 Å². The number of nitro benzene ring substituents is 1. The van der Waals surface area contributed by atoms with Crippen molar-refractivity contribution in [3.63, 3.8) is 0 Å². The molecule has 0 bridgehead atoms. The molecule has 0 aromatic heterocycles. The fraction of sp³-hybridized carbons (Fsp3) is 0.0909. The Balaban J connectivity index is 3.06. The SMILES string of the molecule is CC=CC(=O)Nc1ccc([N+](=O)[O-])cc1C#N. The number of nitrogens with one attached hydrogen (secondary N) is 1. The highest BCUT2D eigenvalue weighted by atomic mass is 16.6. The van der Waals surface area contributed by atoms with Crippen molar-refractivity contribution in [3.8, 4) is 6.07 Å². The first-order valence-electron chi connectivity index (χ1n) is 4.70. The second-order valence-corrected chi connectivity index (χ2v) is 3.09. The van der Waals surface area contributed by atoms with E-state index >= 15 is 0 Å². The van der Waals surface area contributed by atoms with Crippen molar-refractivity contribution in [2.24, 2.45) is 0 Å². The molecule has 0 fully saturated rings. The summed E-state index contributed by atoms with van der Waals surface area (Å²) in [7, 11) is 0. The lowest BCUT2D eigenvalue weighted by molar-refractivity contribution is -0.384. The lowest BCUT2D eigenvalue weighted by Gasteiger charge is -2.03. The van der Waals surface area contributed by atoms with Crippen molar-refractivity contribution in [2.75, 3.05) is 5.32 Å². The monoisotopic (exact) mass is 231 g/mol. The summed E-state index contributed by atoms with van der Waals surface area (Å²) in [4.78, 5) is 21.2. The molecular formula is C11H9N3O3. The lowest BCUT2D eigenvalue weighted by atomic mass is 10.1. The van der Waals surface area contributed by atoms with Crippen molar-refractivity contribution >= 4 is 17.3 Å². The molecule has 6 heteroatoms. The van der Waals surface area contributed by atoms with Crippen LogP contribution in [-0.2, 0) is 4.79 Å². The number of benzene rings is 1. The highest BCUT2D eigenvalue weighted by Gasteiger charge is 2.11. The van der Waals surface area contributed by atoms with Gasteiger partial charge in [0, 0.05) is 12.1 Å². The number of non-ortho nitro benzene ring substituents is 1. The van der Waals surface area contributed by atoms with Crippen LogP contribution in [0.5, 0.6) is 0 Å². The zero-order valence-corrected chi connectivity index (χ0v) is 9.01. The number of carbonyl (C=O) groups is 1. The number of nitriles is 1. The van der Waals surface area contributed by atoms with Gasteiger partial charge in [0.1, 0.15) is 6.07 Å². The van der Waals surface area contributed by atoms with Crippen molar-refractivity contribution in [1.29, 1.82) is 5.26 Å². The molecule has 6 nitrogen and oxygen atoms in total. The maximum atomic E-state index is 11.3. The molecule has 0 radical (unpaired) electrons. The van der Waals surface area contributed by atoms with Crippen LogP contribution >= 0.6 is 0 Å². The van der Waals surface area contributed by atoms with Crippen LogP contribution in [0.1, 0.15) is 12.5 Å². The van der Waals surface area contributed by atoms with Crippen LogP contribution in [-0.4, -0.2) is 10.8 Å². The summed E-state index contributed by atoms with van der Waals surface area (Å²) >= 11 is 0. The molecule has 0 heterocycles. The molecule has 0 atom stereocenters. The van der Waals surface area contributed by atoms with Crippen LogP contribution < -0.4 is 5.32 Å². The summed E-state index contributed by atoms with van der Waals surface area (Å²) in [6.07, 6.45) is 2.84. The first kappa shape index (κ1) is 12.4.